The third-order valence-electron chi connectivity index (χ3n) is 8.16. The van der Waals surface area contributed by atoms with Gasteiger partial charge in [0.05, 0.1) is 24.2 Å². The Morgan fingerprint density at radius 1 is 1.17 bits per heavy atom. The SMILES string of the molecule is COC(=O)N1CCC(F)(CC2CCN(c3ccc4c(C5CCC(=O)NC5=O)nn(C)c4c3)CC2)CC1. The van der Waals surface area contributed by atoms with Gasteiger partial charge in [-0.15, -0.1) is 0 Å². The van der Waals surface area contributed by atoms with E-state index in [0.29, 0.717) is 56.8 Å². The highest BCUT2D eigenvalue weighted by molar-refractivity contribution is 6.02. The highest BCUT2D eigenvalue weighted by atomic mass is 19.1. The van der Waals surface area contributed by atoms with Gasteiger partial charge in [0.1, 0.15) is 5.67 Å². The van der Waals surface area contributed by atoms with Crippen LogP contribution < -0.4 is 10.2 Å². The molecule has 0 spiro atoms. The lowest BCUT2D eigenvalue weighted by atomic mass is 9.80. The first-order valence-electron chi connectivity index (χ1n) is 12.8. The van der Waals surface area contributed by atoms with Gasteiger partial charge in [0.15, 0.2) is 0 Å². The highest BCUT2D eigenvalue weighted by Gasteiger charge is 2.39. The average Bonchev–Trinajstić information content (AvgIpc) is 3.20. The predicted molar refractivity (Wildman–Crippen MR) is 132 cm³/mol. The molecule has 1 N–H and O–H groups in total. The number of carbonyl (C=O) groups excluding carboxylic acids is 3. The van der Waals surface area contributed by atoms with E-state index in [2.05, 4.69) is 27.4 Å². The number of methoxy groups -OCH3 is 1. The van der Waals surface area contributed by atoms with Crippen molar-refractivity contribution in [2.45, 2.75) is 56.5 Å². The number of rotatable bonds is 4. The maximum atomic E-state index is 15.5. The number of nitrogens with zero attached hydrogens (tertiary/aromatic N) is 4. The van der Waals surface area contributed by atoms with Crippen LogP contribution in [0.4, 0.5) is 14.9 Å². The van der Waals surface area contributed by atoms with Gasteiger partial charge in [0.25, 0.3) is 0 Å². The summed E-state index contributed by atoms with van der Waals surface area (Å²) in [7, 11) is 3.23. The first-order valence-corrected chi connectivity index (χ1v) is 12.8. The summed E-state index contributed by atoms with van der Waals surface area (Å²) < 4.78 is 22.1. The van der Waals surface area contributed by atoms with Gasteiger partial charge in [0.2, 0.25) is 11.8 Å². The van der Waals surface area contributed by atoms with E-state index in [1.807, 2.05) is 13.1 Å². The molecule has 3 aliphatic heterocycles. The monoisotopic (exact) mass is 499 g/mol. The first kappa shape index (κ1) is 24.5. The number of halogens is 1. The number of alkyl halides is 1. The maximum absolute atomic E-state index is 15.5. The molecular weight excluding hydrogens is 465 g/mol. The Morgan fingerprint density at radius 2 is 1.89 bits per heavy atom. The second kappa shape index (κ2) is 9.71. The predicted octanol–water partition coefficient (Wildman–Crippen LogP) is 3.27. The topological polar surface area (TPSA) is 96.8 Å². The molecule has 4 heterocycles. The van der Waals surface area contributed by atoms with Crippen LogP contribution in [0.1, 0.15) is 56.6 Å². The number of ether oxygens (including phenoxy) is 1. The number of likely N-dealkylation sites (tertiary alicyclic amines) is 1. The van der Waals surface area contributed by atoms with Gasteiger partial charge in [-0.05, 0) is 62.6 Å². The quantitative estimate of drug-likeness (QED) is 0.649. The summed E-state index contributed by atoms with van der Waals surface area (Å²) in [6.45, 7) is 2.54. The molecule has 0 saturated carbocycles. The van der Waals surface area contributed by atoms with E-state index in [9.17, 15) is 14.4 Å². The van der Waals surface area contributed by atoms with E-state index >= 15 is 4.39 Å². The molecule has 0 bridgehead atoms. The van der Waals surface area contributed by atoms with Gasteiger partial charge in [-0.25, -0.2) is 9.18 Å². The number of hydrogen-bond acceptors (Lipinski definition) is 6. The van der Waals surface area contributed by atoms with E-state index < -0.39 is 11.6 Å². The molecule has 3 amide bonds. The molecule has 2 aromatic rings. The number of benzene rings is 1. The van der Waals surface area contributed by atoms with Crippen molar-refractivity contribution in [2.75, 3.05) is 38.2 Å². The van der Waals surface area contributed by atoms with Gasteiger partial charge in [-0.2, -0.15) is 5.10 Å². The largest absolute Gasteiger partial charge is 0.453 e. The third-order valence-corrected chi connectivity index (χ3v) is 8.16. The van der Waals surface area contributed by atoms with Crippen LogP contribution in [0.5, 0.6) is 0 Å². The fourth-order valence-electron chi connectivity index (χ4n) is 6.02. The van der Waals surface area contributed by atoms with E-state index in [0.717, 1.165) is 42.5 Å². The standard InChI is InChI=1S/C26H34FN5O4/c1-30-21-15-18(3-4-19(21)23(29-30)20-5-6-22(33)28-24(20)34)31-11-7-17(8-12-31)16-26(27)9-13-32(14-10-26)25(35)36-2/h3-4,15,17,20H,5-14,16H2,1-2H3,(H,28,33,34). The number of hydrogen-bond donors (Lipinski definition) is 1. The van der Waals surface area contributed by atoms with Crippen molar-refractivity contribution in [3.63, 3.8) is 0 Å². The third kappa shape index (κ3) is 4.77. The molecule has 194 valence electrons. The number of anilines is 1. The number of imide groups is 1. The molecule has 3 aliphatic rings. The van der Waals surface area contributed by atoms with Crippen LogP contribution in [0.2, 0.25) is 0 Å². The number of aromatic nitrogens is 2. The smallest absolute Gasteiger partial charge is 0.409 e. The summed E-state index contributed by atoms with van der Waals surface area (Å²) in [5, 5.41) is 7.99. The fraction of sp³-hybridized carbons (Fsp3) is 0.615. The minimum absolute atomic E-state index is 0.229. The molecule has 1 atom stereocenters. The van der Waals surface area contributed by atoms with Crippen molar-refractivity contribution in [3.05, 3.63) is 23.9 Å². The Bertz CT molecular complexity index is 1160. The fourth-order valence-corrected chi connectivity index (χ4v) is 6.02. The van der Waals surface area contributed by atoms with Crippen molar-refractivity contribution in [1.82, 2.24) is 20.0 Å². The molecule has 1 unspecified atom stereocenters. The van der Waals surface area contributed by atoms with Crippen molar-refractivity contribution >= 4 is 34.5 Å². The van der Waals surface area contributed by atoms with E-state index in [4.69, 9.17) is 4.74 Å². The van der Waals surface area contributed by atoms with Crippen LogP contribution in [0, 0.1) is 5.92 Å². The molecule has 1 aromatic heterocycles. The summed E-state index contributed by atoms with van der Waals surface area (Å²) in [6, 6.07) is 6.20. The van der Waals surface area contributed by atoms with Gasteiger partial charge < -0.3 is 14.5 Å². The van der Waals surface area contributed by atoms with Crippen LogP contribution in [0.15, 0.2) is 18.2 Å². The number of fused-ring (bicyclic) bond motifs is 1. The van der Waals surface area contributed by atoms with Crippen molar-refractivity contribution in [2.24, 2.45) is 13.0 Å². The molecule has 0 radical (unpaired) electrons. The number of carbonyl (C=O) groups is 3. The molecule has 1 aromatic carbocycles. The van der Waals surface area contributed by atoms with Gasteiger partial charge in [-0.3, -0.25) is 19.6 Å². The molecule has 3 saturated heterocycles. The van der Waals surface area contributed by atoms with E-state index in [1.54, 1.807) is 9.58 Å². The molecule has 10 heteroatoms. The summed E-state index contributed by atoms with van der Waals surface area (Å²) in [6.07, 6.45) is 3.57. The van der Waals surface area contributed by atoms with Crippen molar-refractivity contribution < 1.29 is 23.5 Å². The van der Waals surface area contributed by atoms with Crippen molar-refractivity contribution in [3.8, 4) is 0 Å². The average molecular weight is 500 g/mol. The molecule has 5 rings (SSSR count). The molecule has 9 nitrogen and oxygen atoms in total. The maximum Gasteiger partial charge on any atom is 0.409 e. The zero-order valence-corrected chi connectivity index (χ0v) is 21.0. The Balaban J connectivity index is 1.21. The van der Waals surface area contributed by atoms with Crippen LogP contribution in [-0.2, 0) is 21.4 Å². The molecule has 0 aliphatic carbocycles. The second-order valence-corrected chi connectivity index (χ2v) is 10.5. The Hall–Kier alpha value is -3.17. The summed E-state index contributed by atoms with van der Waals surface area (Å²) in [4.78, 5) is 39.5. The van der Waals surface area contributed by atoms with E-state index in [1.165, 1.54) is 7.11 Å². The van der Waals surface area contributed by atoms with Gasteiger partial charge >= 0.3 is 6.09 Å². The van der Waals surface area contributed by atoms with Crippen LogP contribution in [0.25, 0.3) is 10.9 Å². The number of aryl methyl sites for hydroxylation is 1. The van der Waals surface area contributed by atoms with Crippen molar-refractivity contribution in [1.29, 1.82) is 0 Å². The zero-order chi connectivity index (χ0) is 25.4. The van der Waals surface area contributed by atoms with E-state index in [-0.39, 0.29) is 17.9 Å². The summed E-state index contributed by atoms with van der Waals surface area (Å²) in [5.41, 5.74) is 1.56. The first-order chi connectivity index (χ1) is 17.3. The second-order valence-electron chi connectivity index (χ2n) is 10.5. The number of nitrogens with one attached hydrogen (secondary N) is 1. The molecule has 3 fully saturated rings. The number of piperidine rings is 3. The summed E-state index contributed by atoms with van der Waals surface area (Å²) in [5.74, 6) is -0.595. The molecule has 36 heavy (non-hydrogen) atoms. The lowest BCUT2D eigenvalue weighted by Gasteiger charge is -2.40. The minimum atomic E-state index is -1.21. The highest BCUT2D eigenvalue weighted by Crippen LogP contribution is 2.38. The zero-order valence-electron chi connectivity index (χ0n) is 21.0. The Morgan fingerprint density at radius 3 is 2.56 bits per heavy atom. The van der Waals surface area contributed by atoms with Crippen LogP contribution >= 0.6 is 0 Å². The van der Waals surface area contributed by atoms with Crippen LogP contribution in [-0.4, -0.2) is 71.5 Å². The number of amides is 3. The minimum Gasteiger partial charge on any atom is -0.453 e. The Kier molecular flexibility index (Phi) is 6.61. The Labute approximate surface area is 209 Å². The summed E-state index contributed by atoms with van der Waals surface area (Å²) >= 11 is 0. The van der Waals surface area contributed by atoms with Gasteiger partial charge in [0, 0.05) is 50.7 Å². The lowest BCUT2D eigenvalue weighted by molar-refractivity contribution is -0.134. The van der Waals surface area contributed by atoms with Gasteiger partial charge in [-0.1, -0.05) is 0 Å². The normalized spacial score (nSPS) is 23.1. The van der Waals surface area contributed by atoms with Crippen LogP contribution in [0.3, 0.4) is 0 Å². The molecular formula is C26H34FN5O4. The lowest BCUT2D eigenvalue weighted by Crippen LogP contribution is -2.46.